The zero-order chi connectivity index (χ0) is 11.5. The molecule has 84 valence electrons. The lowest BCUT2D eigenvalue weighted by Gasteiger charge is -2.12. The molecular formula is C11H14F3N. The van der Waals surface area contributed by atoms with Crippen LogP contribution in [0.2, 0.25) is 0 Å². The van der Waals surface area contributed by atoms with Crippen molar-refractivity contribution in [3.63, 3.8) is 0 Å². The molecule has 1 aromatic carbocycles. The normalized spacial score (nSPS) is 13.9. The Balaban J connectivity index is 2.81. The molecule has 0 saturated heterocycles. The van der Waals surface area contributed by atoms with E-state index < -0.39 is 11.7 Å². The second-order valence-electron chi connectivity index (χ2n) is 3.51. The number of alkyl halides is 3. The van der Waals surface area contributed by atoms with Gasteiger partial charge in [-0.2, -0.15) is 13.2 Å². The summed E-state index contributed by atoms with van der Waals surface area (Å²) in [6, 6.07) is 4.87. The van der Waals surface area contributed by atoms with E-state index in [1.807, 2.05) is 6.92 Å². The Hall–Kier alpha value is -1.03. The number of rotatable bonds is 3. The standard InChI is InChI=1S/C11H14F3N/c1-2-3-10(15)8-4-6-9(7-5-8)11(12,13)14/h4-7,10H,2-3,15H2,1H3/t10-/m1/s1. The zero-order valence-electron chi connectivity index (χ0n) is 8.51. The van der Waals surface area contributed by atoms with Crippen LogP contribution in [0.25, 0.3) is 0 Å². The summed E-state index contributed by atoms with van der Waals surface area (Å²) < 4.78 is 36.7. The number of hydrogen-bond donors (Lipinski definition) is 1. The van der Waals surface area contributed by atoms with E-state index in [1.165, 1.54) is 12.1 Å². The predicted octanol–water partition coefficient (Wildman–Crippen LogP) is 3.51. The molecule has 2 N–H and O–H groups in total. The molecule has 15 heavy (non-hydrogen) atoms. The maximum absolute atomic E-state index is 12.2. The van der Waals surface area contributed by atoms with Crippen molar-refractivity contribution in [2.45, 2.75) is 32.0 Å². The van der Waals surface area contributed by atoms with E-state index in [9.17, 15) is 13.2 Å². The minimum atomic E-state index is -4.27. The molecule has 0 aromatic heterocycles. The van der Waals surface area contributed by atoms with Crippen molar-refractivity contribution in [2.75, 3.05) is 0 Å². The second kappa shape index (κ2) is 4.66. The van der Waals surface area contributed by atoms with Gasteiger partial charge in [-0.25, -0.2) is 0 Å². The van der Waals surface area contributed by atoms with E-state index in [4.69, 9.17) is 5.73 Å². The van der Waals surface area contributed by atoms with Crippen molar-refractivity contribution in [1.29, 1.82) is 0 Å². The fraction of sp³-hybridized carbons (Fsp3) is 0.455. The van der Waals surface area contributed by atoms with Crippen LogP contribution in [-0.4, -0.2) is 0 Å². The van der Waals surface area contributed by atoms with E-state index in [0.717, 1.165) is 30.5 Å². The fourth-order valence-corrected chi connectivity index (χ4v) is 1.40. The lowest BCUT2D eigenvalue weighted by atomic mass is 10.0. The predicted molar refractivity (Wildman–Crippen MR) is 53.3 cm³/mol. The molecule has 0 aliphatic heterocycles. The Morgan fingerprint density at radius 3 is 2.13 bits per heavy atom. The summed E-state index contributed by atoms with van der Waals surface area (Å²) in [5, 5.41) is 0. The second-order valence-corrected chi connectivity index (χ2v) is 3.51. The van der Waals surface area contributed by atoms with Gasteiger partial charge in [-0.15, -0.1) is 0 Å². The van der Waals surface area contributed by atoms with Crippen LogP contribution in [0.3, 0.4) is 0 Å². The van der Waals surface area contributed by atoms with Crippen LogP contribution in [0.15, 0.2) is 24.3 Å². The van der Waals surface area contributed by atoms with Crippen molar-refractivity contribution >= 4 is 0 Å². The monoisotopic (exact) mass is 217 g/mol. The van der Waals surface area contributed by atoms with E-state index in [0.29, 0.717) is 0 Å². The molecule has 0 spiro atoms. The van der Waals surface area contributed by atoms with Crippen LogP contribution in [0.5, 0.6) is 0 Å². The van der Waals surface area contributed by atoms with Crippen molar-refractivity contribution in [1.82, 2.24) is 0 Å². The van der Waals surface area contributed by atoms with E-state index >= 15 is 0 Å². The highest BCUT2D eigenvalue weighted by atomic mass is 19.4. The Bertz CT molecular complexity index is 303. The third-order valence-electron chi connectivity index (χ3n) is 2.27. The third kappa shape index (κ3) is 3.23. The Morgan fingerprint density at radius 1 is 1.20 bits per heavy atom. The van der Waals surface area contributed by atoms with Crippen molar-refractivity contribution in [2.24, 2.45) is 5.73 Å². The molecule has 0 heterocycles. The lowest BCUT2D eigenvalue weighted by molar-refractivity contribution is -0.137. The summed E-state index contributed by atoms with van der Waals surface area (Å²) in [4.78, 5) is 0. The number of nitrogens with two attached hydrogens (primary N) is 1. The zero-order valence-corrected chi connectivity index (χ0v) is 8.51. The number of benzene rings is 1. The average Bonchev–Trinajstić information content (AvgIpc) is 2.17. The first-order chi connectivity index (χ1) is 6.95. The van der Waals surface area contributed by atoms with Gasteiger partial charge >= 0.3 is 6.18 Å². The van der Waals surface area contributed by atoms with Crippen molar-refractivity contribution < 1.29 is 13.2 Å². The summed E-state index contributed by atoms with van der Waals surface area (Å²) in [6.07, 6.45) is -2.57. The first-order valence-corrected chi connectivity index (χ1v) is 4.88. The third-order valence-corrected chi connectivity index (χ3v) is 2.27. The highest BCUT2D eigenvalue weighted by Crippen LogP contribution is 2.30. The maximum Gasteiger partial charge on any atom is 0.416 e. The van der Waals surface area contributed by atoms with Crippen molar-refractivity contribution in [3.05, 3.63) is 35.4 Å². The Labute approximate surface area is 87.1 Å². The summed E-state index contributed by atoms with van der Waals surface area (Å²) in [5.74, 6) is 0. The Kier molecular flexibility index (Phi) is 3.74. The summed E-state index contributed by atoms with van der Waals surface area (Å²) in [7, 11) is 0. The van der Waals surface area contributed by atoms with Gasteiger partial charge in [-0.1, -0.05) is 25.5 Å². The summed E-state index contributed by atoms with van der Waals surface area (Å²) in [6.45, 7) is 1.99. The topological polar surface area (TPSA) is 26.0 Å². The minimum absolute atomic E-state index is 0.169. The molecule has 4 heteroatoms. The van der Waals surface area contributed by atoms with Gasteiger partial charge in [-0.3, -0.25) is 0 Å². The van der Waals surface area contributed by atoms with E-state index in [1.54, 1.807) is 0 Å². The average molecular weight is 217 g/mol. The molecular weight excluding hydrogens is 203 g/mol. The number of hydrogen-bond acceptors (Lipinski definition) is 1. The SMILES string of the molecule is CCC[C@@H](N)c1ccc(C(F)(F)F)cc1. The van der Waals surface area contributed by atoms with Crippen LogP contribution >= 0.6 is 0 Å². The van der Waals surface area contributed by atoms with Gasteiger partial charge in [0.15, 0.2) is 0 Å². The Morgan fingerprint density at radius 2 is 1.73 bits per heavy atom. The molecule has 1 atom stereocenters. The van der Waals surface area contributed by atoms with Gasteiger partial charge in [0.1, 0.15) is 0 Å². The molecule has 0 amide bonds. The molecule has 1 rings (SSSR count). The first-order valence-electron chi connectivity index (χ1n) is 4.88. The van der Waals surface area contributed by atoms with Gasteiger partial charge in [0, 0.05) is 6.04 Å². The van der Waals surface area contributed by atoms with Crippen LogP contribution in [-0.2, 0) is 6.18 Å². The molecule has 0 unspecified atom stereocenters. The van der Waals surface area contributed by atoms with E-state index in [2.05, 4.69) is 0 Å². The molecule has 0 saturated carbocycles. The van der Waals surface area contributed by atoms with E-state index in [-0.39, 0.29) is 6.04 Å². The van der Waals surface area contributed by atoms with Crippen LogP contribution < -0.4 is 5.73 Å². The van der Waals surface area contributed by atoms with Crippen LogP contribution in [0.1, 0.15) is 36.9 Å². The molecule has 0 aliphatic rings. The van der Waals surface area contributed by atoms with Gasteiger partial charge in [0.2, 0.25) is 0 Å². The highest BCUT2D eigenvalue weighted by molar-refractivity contribution is 5.26. The largest absolute Gasteiger partial charge is 0.416 e. The van der Waals surface area contributed by atoms with Crippen LogP contribution in [0.4, 0.5) is 13.2 Å². The first kappa shape index (κ1) is 12.0. The van der Waals surface area contributed by atoms with Gasteiger partial charge in [-0.05, 0) is 24.1 Å². The maximum atomic E-state index is 12.2. The highest BCUT2D eigenvalue weighted by Gasteiger charge is 2.30. The van der Waals surface area contributed by atoms with Gasteiger partial charge in [0.25, 0.3) is 0 Å². The molecule has 0 aliphatic carbocycles. The van der Waals surface area contributed by atoms with Crippen LogP contribution in [0, 0.1) is 0 Å². The van der Waals surface area contributed by atoms with Gasteiger partial charge in [0.05, 0.1) is 5.56 Å². The lowest BCUT2D eigenvalue weighted by Crippen LogP contribution is -2.11. The molecule has 0 bridgehead atoms. The number of halogens is 3. The minimum Gasteiger partial charge on any atom is -0.324 e. The summed E-state index contributed by atoms with van der Waals surface area (Å²) in [5.41, 5.74) is 5.91. The summed E-state index contributed by atoms with van der Waals surface area (Å²) >= 11 is 0. The smallest absolute Gasteiger partial charge is 0.324 e. The fourth-order valence-electron chi connectivity index (χ4n) is 1.40. The quantitative estimate of drug-likeness (QED) is 0.823. The van der Waals surface area contributed by atoms with Crippen molar-refractivity contribution in [3.8, 4) is 0 Å². The molecule has 1 aromatic rings. The van der Waals surface area contributed by atoms with Gasteiger partial charge < -0.3 is 5.73 Å². The molecule has 1 nitrogen and oxygen atoms in total. The molecule has 0 radical (unpaired) electrons. The molecule has 0 fully saturated rings.